The van der Waals surface area contributed by atoms with E-state index >= 15 is 0 Å². The summed E-state index contributed by atoms with van der Waals surface area (Å²) in [7, 11) is 0. The maximum Gasteiger partial charge on any atom is 0.229 e. The standard InChI is InChI=1S/C21H22FN5/c22-18-6-2-3-7-19(18)25-20-12-13-23-21(26-20)24-16-8-10-17(11-9-16)27-14-4-1-5-15-27/h2-3,6-13H,1,4-5,14-15H2,(H2,23,24,25,26). The lowest BCUT2D eigenvalue weighted by atomic mass is 10.1. The molecule has 138 valence electrons. The molecule has 3 aromatic rings. The summed E-state index contributed by atoms with van der Waals surface area (Å²) >= 11 is 0. The molecule has 0 bridgehead atoms. The Morgan fingerprint density at radius 2 is 1.63 bits per heavy atom. The van der Waals surface area contributed by atoms with Gasteiger partial charge in [0.05, 0.1) is 5.69 Å². The molecule has 0 atom stereocenters. The molecular formula is C21H22FN5. The number of nitrogens with one attached hydrogen (secondary N) is 2. The monoisotopic (exact) mass is 363 g/mol. The zero-order valence-electron chi connectivity index (χ0n) is 15.0. The fraction of sp³-hybridized carbons (Fsp3) is 0.238. The van der Waals surface area contributed by atoms with Gasteiger partial charge in [0.15, 0.2) is 0 Å². The first-order valence-electron chi connectivity index (χ1n) is 9.24. The van der Waals surface area contributed by atoms with E-state index in [-0.39, 0.29) is 5.82 Å². The number of halogens is 1. The average molecular weight is 363 g/mol. The van der Waals surface area contributed by atoms with Gasteiger partial charge in [-0.3, -0.25) is 0 Å². The second kappa shape index (κ2) is 8.03. The number of hydrogen-bond donors (Lipinski definition) is 2. The molecule has 0 unspecified atom stereocenters. The average Bonchev–Trinajstić information content (AvgIpc) is 2.71. The maximum absolute atomic E-state index is 13.8. The van der Waals surface area contributed by atoms with Crippen molar-refractivity contribution in [2.24, 2.45) is 0 Å². The summed E-state index contributed by atoms with van der Waals surface area (Å²) in [5.74, 6) is 0.670. The first-order chi connectivity index (χ1) is 13.3. The van der Waals surface area contributed by atoms with Crippen molar-refractivity contribution < 1.29 is 4.39 Å². The van der Waals surface area contributed by atoms with E-state index in [1.807, 2.05) is 12.1 Å². The number of para-hydroxylation sites is 1. The molecule has 1 aromatic heterocycles. The van der Waals surface area contributed by atoms with Crippen molar-refractivity contribution in [3.8, 4) is 0 Å². The number of anilines is 5. The van der Waals surface area contributed by atoms with Gasteiger partial charge in [-0.25, -0.2) is 9.37 Å². The highest BCUT2D eigenvalue weighted by Crippen LogP contribution is 2.24. The van der Waals surface area contributed by atoms with Crippen molar-refractivity contribution >= 4 is 28.8 Å². The van der Waals surface area contributed by atoms with Crippen LogP contribution in [-0.2, 0) is 0 Å². The van der Waals surface area contributed by atoms with E-state index in [4.69, 9.17) is 0 Å². The van der Waals surface area contributed by atoms with E-state index in [9.17, 15) is 4.39 Å². The van der Waals surface area contributed by atoms with Crippen molar-refractivity contribution in [1.82, 2.24) is 9.97 Å². The van der Waals surface area contributed by atoms with E-state index in [1.165, 1.54) is 31.0 Å². The highest BCUT2D eigenvalue weighted by molar-refractivity contribution is 5.62. The van der Waals surface area contributed by atoms with Crippen LogP contribution in [0, 0.1) is 5.82 Å². The lowest BCUT2D eigenvalue weighted by molar-refractivity contribution is 0.578. The van der Waals surface area contributed by atoms with E-state index in [2.05, 4.69) is 37.6 Å². The van der Waals surface area contributed by atoms with E-state index < -0.39 is 0 Å². The Balaban J connectivity index is 1.44. The Hall–Kier alpha value is -3.15. The van der Waals surface area contributed by atoms with Crippen LogP contribution in [0.3, 0.4) is 0 Å². The summed E-state index contributed by atoms with van der Waals surface area (Å²) in [6.07, 6.45) is 5.48. The Kier molecular flexibility index (Phi) is 5.14. The molecule has 0 amide bonds. The SMILES string of the molecule is Fc1ccccc1Nc1ccnc(Nc2ccc(N3CCCCC3)cc2)n1. The normalized spacial score (nSPS) is 14.0. The Labute approximate surface area is 158 Å². The Morgan fingerprint density at radius 1 is 0.852 bits per heavy atom. The summed E-state index contributed by atoms with van der Waals surface area (Å²) < 4.78 is 13.8. The van der Waals surface area contributed by atoms with Crippen LogP contribution in [0.4, 0.5) is 33.2 Å². The van der Waals surface area contributed by atoms with Crippen LogP contribution in [0.5, 0.6) is 0 Å². The van der Waals surface area contributed by atoms with Gasteiger partial charge in [0.25, 0.3) is 0 Å². The quantitative estimate of drug-likeness (QED) is 0.661. The van der Waals surface area contributed by atoms with Crippen molar-refractivity contribution in [3.05, 3.63) is 66.6 Å². The van der Waals surface area contributed by atoms with Gasteiger partial charge in [-0.05, 0) is 61.7 Å². The molecule has 4 rings (SSSR count). The highest BCUT2D eigenvalue weighted by atomic mass is 19.1. The maximum atomic E-state index is 13.8. The largest absolute Gasteiger partial charge is 0.372 e. The zero-order chi connectivity index (χ0) is 18.5. The number of aromatic nitrogens is 2. The first-order valence-corrected chi connectivity index (χ1v) is 9.24. The molecule has 1 aliphatic heterocycles. The smallest absolute Gasteiger partial charge is 0.229 e. The van der Waals surface area contributed by atoms with Gasteiger partial charge >= 0.3 is 0 Å². The Bertz CT molecular complexity index is 891. The van der Waals surface area contributed by atoms with Crippen molar-refractivity contribution in [2.45, 2.75) is 19.3 Å². The van der Waals surface area contributed by atoms with Crippen LogP contribution < -0.4 is 15.5 Å². The van der Waals surface area contributed by atoms with E-state index in [0.717, 1.165) is 18.8 Å². The van der Waals surface area contributed by atoms with Gasteiger partial charge in [-0.2, -0.15) is 4.98 Å². The molecule has 6 heteroatoms. The first kappa shape index (κ1) is 17.3. The van der Waals surface area contributed by atoms with Crippen LogP contribution in [0.1, 0.15) is 19.3 Å². The molecule has 2 heterocycles. The van der Waals surface area contributed by atoms with Gasteiger partial charge in [-0.1, -0.05) is 12.1 Å². The van der Waals surface area contributed by atoms with Crippen molar-refractivity contribution in [3.63, 3.8) is 0 Å². The van der Waals surface area contributed by atoms with Gasteiger partial charge in [0.1, 0.15) is 11.6 Å². The summed E-state index contributed by atoms with van der Waals surface area (Å²) in [4.78, 5) is 11.1. The van der Waals surface area contributed by atoms with Gasteiger partial charge < -0.3 is 15.5 Å². The van der Waals surface area contributed by atoms with Crippen LogP contribution >= 0.6 is 0 Å². The molecule has 0 radical (unpaired) electrons. The van der Waals surface area contributed by atoms with Crippen LogP contribution in [0.2, 0.25) is 0 Å². The van der Waals surface area contributed by atoms with Crippen molar-refractivity contribution in [2.75, 3.05) is 28.6 Å². The molecule has 1 fully saturated rings. The van der Waals surface area contributed by atoms with E-state index in [1.54, 1.807) is 30.5 Å². The van der Waals surface area contributed by atoms with Gasteiger partial charge in [0.2, 0.25) is 5.95 Å². The lowest BCUT2D eigenvalue weighted by Crippen LogP contribution is -2.29. The van der Waals surface area contributed by atoms with Crippen molar-refractivity contribution in [1.29, 1.82) is 0 Å². The molecule has 0 saturated carbocycles. The third-order valence-corrected chi connectivity index (χ3v) is 4.64. The fourth-order valence-electron chi connectivity index (χ4n) is 3.23. The number of hydrogen-bond acceptors (Lipinski definition) is 5. The second-order valence-electron chi connectivity index (χ2n) is 6.59. The topological polar surface area (TPSA) is 53.1 Å². The Morgan fingerprint density at radius 3 is 2.41 bits per heavy atom. The lowest BCUT2D eigenvalue weighted by Gasteiger charge is -2.28. The summed E-state index contributed by atoms with van der Waals surface area (Å²) in [6.45, 7) is 2.25. The third-order valence-electron chi connectivity index (χ3n) is 4.64. The number of piperidine rings is 1. The molecular weight excluding hydrogens is 341 g/mol. The van der Waals surface area contributed by atoms with Crippen LogP contribution in [0.15, 0.2) is 60.8 Å². The summed E-state index contributed by atoms with van der Waals surface area (Å²) in [6, 6.07) is 16.5. The molecule has 0 spiro atoms. The molecule has 5 nitrogen and oxygen atoms in total. The molecule has 1 saturated heterocycles. The number of rotatable bonds is 5. The molecule has 1 aliphatic rings. The predicted octanol–water partition coefficient (Wildman–Crippen LogP) is 5.09. The minimum absolute atomic E-state index is 0.320. The molecule has 2 aromatic carbocycles. The zero-order valence-corrected chi connectivity index (χ0v) is 15.0. The number of benzene rings is 2. The number of nitrogens with zero attached hydrogens (tertiary/aromatic N) is 3. The highest BCUT2D eigenvalue weighted by Gasteiger charge is 2.10. The molecule has 2 N–H and O–H groups in total. The summed E-state index contributed by atoms with van der Waals surface area (Å²) in [5.41, 5.74) is 2.54. The fourth-order valence-corrected chi connectivity index (χ4v) is 3.23. The second-order valence-corrected chi connectivity index (χ2v) is 6.59. The van der Waals surface area contributed by atoms with E-state index in [0.29, 0.717) is 17.5 Å². The molecule has 27 heavy (non-hydrogen) atoms. The minimum Gasteiger partial charge on any atom is -0.372 e. The summed E-state index contributed by atoms with van der Waals surface area (Å²) in [5, 5.41) is 6.18. The predicted molar refractivity (Wildman–Crippen MR) is 108 cm³/mol. The van der Waals surface area contributed by atoms with Gasteiger partial charge in [0, 0.05) is 30.7 Å². The van der Waals surface area contributed by atoms with Crippen LogP contribution in [0.25, 0.3) is 0 Å². The van der Waals surface area contributed by atoms with Crippen LogP contribution in [-0.4, -0.2) is 23.1 Å². The third kappa shape index (κ3) is 4.34. The molecule has 0 aliphatic carbocycles. The minimum atomic E-state index is -0.320. The van der Waals surface area contributed by atoms with Gasteiger partial charge in [-0.15, -0.1) is 0 Å².